The van der Waals surface area contributed by atoms with Gasteiger partial charge in [-0.25, -0.2) is 0 Å². The van der Waals surface area contributed by atoms with Crippen LogP contribution in [0.15, 0.2) is 18.2 Å². The fourth-order valence-corrected chi connectivity index (χ4v) is 2.28. The zero-order valence-electron chi connectivity index (χ0n) is 10.0. The van der Waals surface area contributed by atoms with Crippen LogP contribution < -0.4 is 5.73 Å². The first-order valence-corrected chi connectivity index (χ1v) is 5.92. The molecule has 1 aliphatic heterocycles. The number of piperidine rings is 1. The average molecular weight is 234 g/mol. The highest BCUT2D eigenvalue weighted by Gasteiger charge is 2.25. The molecule has 1 unspecified atom stereocenters. The molecule has 0 spiro atoms. The fraction of sp³-hybridized carbons (Fsp3) is 0.462. The molecule has 1 heterocycles. The summed E-state index contributed by atoms with van der Waals surface area (Å²) < 4.78 is 0. The van der Waals surface area contributed by atoms with Crippen LogP contribution in [0.25, 0.3) is 0 Å². The lowest BCUT2D eigenvalue weighted by Gasteiger charge is -2.30. The zero-order valence-corrected chi connectivity index (χ0v) is 10.0. The molecule has 2 rings (SSSR count). The third-order valence-electron chi connectivity index (χ3n) is 3.20. The maximum Gasteiger partial charge on any atom is 0.256 e. The van der Waals surface area contributed by atoms with Crippen molar-refractivity contribution in [3.05, 3.63) is 29.3 Å². The molecule has 1 amide bonds. The minimum atomic E-state index is -0.405. The first-order chi connectivity index (χ1) is 8.09. The van der Waals surface area contributed by atoms with E-state index in [1.54, 1.807) is 11.0 Å². The van der Waals surface area contributed by atoms with Crippen LogP contribution in [0.2, 0.25) is 0 Å². The van der Waals surface area contributed by atoms with Gasteiger partial charge in [0.1, 0.15) is 0 Å². The lowest BCUT2D eigenvalue weighted by molar-refractivity contribution is 0.0474. The number of rotatable bonds is 1. The van der Waals surface area contributed by atoms with E-state index >= 15 is 0 Å². The van der Waals surface area contributed by atoms with Crippen LogP contribution in [-0.2, 0) is 0 Å². The third-order valence-corrected chi connectivity index (χ3v) is 3.20. The summed E-state index contributed by atoms with van der Waals surface area (Å²) in [6, 6.07) is 5.46. The fourth-order valence-electron chi connectivity index (χ4n) is 2.28. The van der Waals surface area contributed by atoms with Gasteiger partial charge in [-0.1, -0.05) is 12.1 Å². The number of hydrogen-bond acceptors (Lipinski definition) is 3. The average Bonchev–Trinajstić information content (AvgIpc) is 2.28. The summed E-state index contributed by atoms with van der Waals surface area (Å²) in [6.07, 6.45) is 1.21. The first kappa shape index (κ1) is 11.9. The van der Waals surface area contributed by atoms with Gasteiger partial charge in [0.2, 0.25) is 0 Å². The highest BCUT2D eigenvalue weighted by Crippen LogP contribution is 2.21. The topological polar surface area (TPSA) is 66.6 Å². The number of β-amino-alcohol motifs (C(OH)–C–C–N with tert-alkyl or cyclic N) is 1. The lowest BCUT2D eigenvalue weighted by atomic mass is 10.0. The predicted molar refractivity (Wildman–Crippen MR) is 66.7 cm³/mol. The molecule has 4 nitrogen and oxygen atoms in total. The van der Waals surface area contributed by atoms with Gasteiger partial charge in [0, 0.05) is 18.8 Å². The Balaban J connectivity index is 2.24. The van der Waals surface area contributed by atoms with Crippen molar-refractivity contribution in [2.75, 3.05) is 18.8 Å². The van der Waals surface area contributed by atoms with Gasteiger partial charge in [-0.05, 0) is 31.4 Å². The summed E-state index contributed by atoms with van der Waals surface area (Å²) in [4.78, 5) is 14.0. The monoisotopic (exact) mass is 234 g/mol. The van der Waals surface area contributed by atoms with Crippen LogP contribution in [0.3, 0.4) is 0 Å². The number of carbonyl (C=O) groups excluding carboxylic acids is 1. The number of aliphatic hydroxyl groups is 1. The van der Waals surface area contributed by atoms with Crippen LogP contribution in [0.5, 0.6) is 0 Å². The molecule has 92 valence electrons. The van der Waals surface area contributed by atoms with Crippen LogP contribution in [0, 0.1) is 6.92 Å². The number of anilines is 1. The van der Waals surface area contributed by atoms with E-state index in [4.69, 9.17) is 5.73 Å². The molecule has 0 aliphatic carbocycles. The van der Waals surface area contributed by atoms with E-state index in [1.807, 2.05) is 19.1 Å². The maximum atomic E-state index is 12.3. The number of benzene rings is 1. The predicted octanol–water partition coefficient (Wildman–Crippen LogP) is 1.17. The van der Waals surface area contributed by atoms with E-state index in [2.05, 4.69) is 0 Å². The summed E-state index contributed by atoms with van der Waals surface area (Å²) in [7, 11) is 0. The Labute approximate surface area is 101 Å². The number of nitrogens with zero attached hydrogens (tertiary/aromatic N) is 1. The molecule has 17 heavy (non-hydrogen) atoms. The summed E-state index contributed by atoms with van der Waals surface area (Å²) >= 11 is 0. The van der Waals surface area contributed by atoms with Gasteiger partial charge in [-0.2, -0.15) is 0 Å². The number of aryl methyl sites for hydroxylation is 1. The van der Waals surface area contributed by atoms with Crippen molar-refractivity contribution in [3.8, 4) is 0 Å². The molecule has 0 bridgehead atoms. The minimum absolute atomic E-state index is 0.0700. The summed E-state index contributed by atoms with van der Waals surface area (Å²) in [5.41, 5.74) is 7.82. The van der Waals surface area contributed by atoms with Crippen molar-refractivity contribution in [1.82, 2.24) is 4.90 Å². The number of carbonyl (C=O) groups is 1. The molecular weight excluding hydrogens is 216 g/mol. The van der Waals surface area contributed by atoms with Crippen molar-refractivity contribution in [3.63, 3.8) is 0 Å². The second-order valence-corrected chi connectivity index (χ2v) is 4.59. The van der Waals surface area contributed by atoms with Crippen LogP contribution in [0.1, 0.15) is 28.8 Å². The number of nitrogen functional groups attached to an aromatic ring is 1. The minimum Gasteiger partial charge on any atom is -0.398 e. The number of likely N-dealkylation sites (tertiary alicyclic amines) is 1. The van der Waals surface area contributed by atoms with Gasteiger partial charge in [0.05, 0.1) is 11.7 Å². The van der Waals surface area contributed by atoms with Crippen molar-refractivity contribution in [1.29, 1.82) is 0 Å². The SMILES string of the molecule is Cc1cccc(N)c1C(=O)N1CCCC(O)C1. The van der Waals surface area contributed by atoms with E-state index < -0.39 is 6.10 Å². The van der Waals surface area contributed by atoms with Crippen molar-refractivity contribution in [2.45, 2.75) is 25.9 Å². The second kappa shape index (κ2) is 4.75. The van der Waals surface area contributed by atoms with Gasteiger partial charge in [-0.3, -0.25) is 4.79 Å². The molecule has 1 fully saturated rings. The molecule has 0 radical (unpaired) electrons. The molecular formula is C13H18N2O2. The van der Waals surface area contributed by atoms with E-state index in [0.29, 0.717) is 24.3 Å². The smallest absolute Gasteiger partial charge is 0.256 e. The maximum absolute atomic E-state index is 12.3. The van der Waals surface area contributed by atoms with Gasteiger partial charge >= 0.3 is 0 Å². The third kappa shape index (κ3) is 2.42. The Morgan fingerprint density at radius 3 is 2.94 bits per heavy atom. The van der Waals surface area contributed by atoms with E-state index in [1.165, 1.54) is 0 Å². The van der Waals surface area contributed by atoms with Crippen molar-refractivity contribution >= 4 is 11.6 Å². The molecule has 3 N–H and O–H groups in total. The molecule has 0 saturated carbocycles. The molecule has 4 heteroatoms. The molecule has 1 atom stereocenters. The van der Waals surface area contributed by atoms with Crippen molar-refractivity contribution < 1.29 is 9.90 Å². The van der Waals surface area contributed by atoms with Gasteiger partial charge < -0.3 is 15.7 Å². The van der Waals surface area contributed by atoms with E-state index in [0.717, 1.165) is 18.4 Å². The zero-order chi connectivity index (χ0) is 12.4. The van der Waals surface area contributed by atoms with Crippen LogP contribution in [0.4, 0.5) is 5.69 Å². The Hall–Kier alpha value is -1.55. The Bertz CT molecular complexity index is 411. The number of aliphatic hydroxyl groups excluding tert-OH is 1. The summed E-state index contributed by atoms with van der Waals surface area (Å²) in [5, 5.41) is 9.59. The highest BCUT2D eigenvalue weighted by molar-refractivity contribution is 6.00. The summed E-state index contributed by atoms with van der Waals surface area (Å²) in [6.45, 7) is 2.99. The molecule has 1 aromatic carbocycles. The largest absolute Gasteiger partial charge is 0.398 e. The van der Waals surface area contributed by atoms with Crippen molar-refractivity contribution in [2.24, 2.45) is 0 Å². The van der Waals surface area contributed by atoms with E-state index in [-0.39, 0.29) is 5.91 Å². The summed E-state index contributed by atoms with van der Waals surface area (Å²) in [5.74, 6) is -0.0700. The van der Waals surface area contributed by atoms with Gasteiger partial charge in [0.25, 0.3) is 5.91 Å². The number of hydrogen-bond donors (Lipinski definition) is 2. The Morgan fingerprint density at radius 1 is 1.53 bits per heavy atom. The first-order valence-electron chi connectivity index (χ1n) is 5.92. The van der Waals surface area contributed by atoms with E-state index in [9.17, 15) is 9.90 Å². The van der Waals surface area contributed by atoms with Crippen LogP contribution >= 0.6 is 0 Å². The van der Waals surface area contributed by atoms with Gasteiger partial charge in [-0.15, -0.1) is 0 Å². The normalized spacial score (nSPS) is 20.4. The molecule has 1 saturated heterocycles. The quantitative estimate of drug-likeness (QED) is 0.717. The second-order valence-electron chi connectivity index (χ2n) is 4.59. The Kier molecular flexibility index (Phi) is 3.33. The number of nitrogens with two attached hydrogens (primary N) is 1. The molecule has 0 aromatic heterocycles. The Morgan fingerprint density at radius 2 is 2.29 bits per heavy atom. The standard InChI is InChI=1S/C13H18N2O2/c1-9-4-2-6-11(14)12(9)13(17)15-7-3-5-10(16)8-15/h2,4,6,10,16H,3,5,7-8,14H2,1H3. The molecule has 1 aliphatic rings. The molecule has 1 aromatic rings. The van der Waals surface area contributed by atoms with Crippen LogP contribution in [-0.4, -0.2) is 35.1 Å². The lowest BCUT2D eigenvalue weighted by Crippen LogP contribution is -2.42. The van der Waals surface area contributed by atoms with Gasteiger partial charge in [0.15, 0.2) is 0 Å². The highest BCUT2D eigenvalue weighted by atomic mass is 16.3. The number of amides is 1.